The summed E-state index contributed by atoms with van der Waals surface area (Å²) in [6.07, 6.45) is 2.36. The van der Waals surface area contributed by atoms with Crippen LogP contribution in [0.15, 0.2) is 60.2 Å². The van der Waals surface area contributed by atoms with Crippen LogP contribution in [-0.2, 0) is 0 Å². The third kappa shape index (κ3) is 2.90. The lowest BCUT2D eigenvalue weighted by atomic mass is 9.74. The second-order valence-corrected chi connectivity index (χ2v) is 10.0. The quantitative estimate of drug-likeness (QED) is 0.358. The molecule has 0 saturated heterocycles. The van der Waals surface area contributed by atoms with Gasteiger partial charge in [-0.2, -0.15) is 0 Å². The van der Waals surface area contributed by atoms with Gasteiger partial charge in [-0.3, -0.25) is 0 Å². The molecule has 2 N–H and O–H groups in total. The molecule has 4 aromatic rings. The van der Waals surface area contributed by atoms with Gasteiger partial charge in [-0.15, -0.1) is 0 Å². The van der Waals surface area contributed by atoms with Gasteiger partial charge in [0.05, 0.1) is 11.6 Å². The molecule has 0 amide bonds. The first-order valence-corrected chi connectivity index (χ1v) is 11.2. The molecule has 3 atom stereocenters. The minimum atomic E-state index is -0.850. The van der Waals surface area contributed by atoms with E-state index in [9.17, 15) is 5.11 Å². The van der Waals surface area contributed by atoms with Crippen LogP contribution in [0.3, 0.4) is 0 Å². The lowest BCUT2D eigenvalue weighted by Gasteiger charge is -2.35. The number of rotatable bonds is 3. The molecule has 0 spiro atoms. The number of nitrogens with zero attached hydrogens (tertiary/aromatic N) is 1. The molecular formula is C28H32N2O. The van der Waals surface area contributed by atoms with Crippen molar-refractivity contribution in [2.45, 2.75) is 59.1 Å². The maximum absolute atomic E-state index is 11.5. The van der Waals surface area contributed by atoms with Crippen molar-refractivity contribution < 1.29 is 5.11 Å². The van der Waals surface area contributed by atoms with Gasteiger partial charge < -0.3 is 14.7 Å². The Labute approximate surface area is 184 Å². The fourth-order valence-corrected chi connectivity index (χ4v) is 5.96. The number of aromatic amines is 1. The number of H-pyrrole nitrogens is 1. The van der Waals surface area contributed by atoms with Gasteiger partial charge in [0.2, 0.25) is 0 Å². The number of aliphatic hydroxyl groups is 1. The minimum Gasteiger partial charge on any atom is -0.390 e. The Hall–Kier alpha value is -2.78. The predicted octanol–water partition coefficient (Wildman–Crippen LogP) is 6.78. The van der Waals surface area contributed by atoms with E-state index in [0.29, 0.717) is 0 Å². The van der Waals surface area contributed by atoms with Gasteiger partial charge in [-0.25, -0.2) is 0 Å². The first-order valence-electron chi connectivity index (χ1n) is 11.2. The molecule has 1 aliphatic rings. The summed E-state index contributed by atoms with van der Waals surface area (Å²) in [6, 6.07) is 17.2. The number of aromatic nitrogens is 2. The third-order valence-corrected chi connectivity index (χ3v) is 7.16. The zero-order chi connectivity index (χ0) is 22.1. The molecule has 0 aliphatic carbocycles. The average molecular weight is 413 g/mol. The fourth-order valence-electron chi connectivity index (χ4n) is 5.96. The molecule has 0 saturated carbocycles. The van der Waals surface area contributed by atoms with Crippen LogP contribution in [0.1, 0.15) is 62.2 Å². The van der Waals surface area contributed by atoms with E-state index in [1.807, 2.05) is 13.8 Å². The lowest BCUT2D eigenvalue weighted by Crippen LogP contribution is -2.37. The second-order valence-electron chi connectivity index (χ2n) is 10.0. The summed E-state index contributed by atoms with van der Waals surface area (Å²) in [5.74, 6) is 0.167. The minimum absolute atomic E-state index is 0.0208. The average Bonchev–Trinajstić information content (AvgIpc) is 3.31. The monoisotopic (exact) mass is 412 g/mol. The Morgan fingerprint density at radius 2 is 1.61 bits per heavy atom. The summed E-state index contributed by atoms with van der Waals surface area (Å²) < 4.78 is 2.51. The topological polar surface area (TPSA) is 41.0 Å². The highest BCUT2D eigenvalue weighted by Gasteiger charge is 2.50. The maximum atomic E-state index is 11.5. The van der Waals surface area contributed by atoms with E-state index >= 15 is 0 Å². The summed E-state index contributed by atoms with van der Waals surface area (Å²) in [6.45, 7) is 12.7. The number of fused-ring (bicyclic) bond motifs is 4. The van der Waals surface area contributed by atoms with Crippen molar-refractivity contribution in [2.24, 2.45) is 5.92 Å². The molecule has 3 nitrogen and oxygen atoms in total. The van der Waals surface area contributed by atoms with E-state index < -0.39 is 5.60 Å². The van der Waals surface area contributed by atoms with Crippen molar-refractivity contribution in [1.29, 1.82) is 0 Å². The molecule has 0 bridgehead atoms. The Morgan fingerprint density at radius 1 is 0.968 bits per heavy atom. The summed E-state index contributed by atoms with van der Waals surface area (Å²) in [5, 5.41) is 14.1. The summed E-state index contributed by atoms with van der Waals surface area (Å²) in [4.78, 5) is 3.74. The van der Waals surface area contributed by atoms with Crippen LogP contribution < -0.4 is 0 Å². The summed E-state index contributed by atoms with van der Waals surface area (Å²) in [5.41, 5.74) is 7.97. The molecule has 3 heterocycles. The maximum Gasteiger partial charge on any atom is 0.0805 e. The smallest absolute Gasteiger partial charge is 0.0805 e. The van der Waals surface area contributed by atoms with Gasteiger partial charge >= 0.3 is 0 Å². The number of aryl methyl sites for hydroxylation is 2. The molecule has 5 rings (SSSR count). The van der Waals surface area contributed by atoms with Gasteiger partial charge in [0.25, 0.3) is 0 Å². The highest BCUT2D eigenvalue weighted by Crippen LogP contribution is 2.55. The summed E-state index contributed by atoms with van der Waals surface area (Å²) in [7, 11) is 0. The standard InChI is InChI=1S/C28H32N2O/c1-16(2)15-21-24(28(5,6)31)27(25-17(3)19-11-7-9-13-22(19)29-25)30-23-14-10-8-12-20(23)18(4)26(21)30/h7-15,21,24,27,29,31H,1-6H3/t21-,24-,27-/m1/s1. The Balaban J connectivity index is 1.89. The molecule has 2 aromatic carbocycles. The number of benzene rings is 2. The molecule has 1 aliphatic heterocycles. The molecule has 3 heteroatoms. The number of hydrogen-bond donors (Lipinski definition) is 2. The van der Waals surface area contributed by atoms with E-state index in [-0.39, 0.29) is 17.9 Å². The first-order chi connectivity index (χ1) is 14.7. The van der Waals surface area contributed by atoms with Gasteiger partial charge in [0, 0.05) is 45.0 Å². The van der Waals surface area contributed by atoms with Crippen LogP contribution >= 0.6 is 0 Å². The molecule has 0 unspecified atom stereocenters. The van der Waals surface area contributed by atoms with Crippen LogP contribution in [-0.4, -0.2) is 20.3 Å². The Bertz CT molecular complexity index is 1320. The predicted molar refractivity (Wildman–Crippen MR) is 130 cm³/mol. The van der Waals surface area contributed by atoms with Crippen LogP contribution in [0.25, 0.3) is 21.8 Å². The van der Waals surface area contributed by atoms with Crippen LogP contribution in [0.5, 0.6) is 0 Å². The van der Waals surface area contributed by atoms with Gasteiger partial charge in [0.15, 0.2) is 0 Å². The van der Waals surface area contributed by atoms with E-state index in [1.165, 1.54) is 44.4 Å². The van der Waals surface area contributed by atoms with E-state index in [1.54, 1.807) is 0 Å². The van der Waals surface area contributed by atoms with E-state index in [0.717, 1.165) is 5.52 Å². The van der Waals surface area contributed by atoms with Crippen molar-refractivity contribution in [3.63, 3.8) is 0 Å². The number of allylic oxidation sites excluding steroid dienone is 2. The molecule has 0 radical (unpaired) electrons. The number of hydrogen-bond acceptors (Lipinski definition) is 1. The van der Waals surface area contributed by atoms with E-state index in [4.69, 9.17) is 0 Å². The number of para-hydroxylation sites is 2. The first kappa shape index (κ1) is 20.1. The highest BCUT2D eigenvalue weighted by atomic mass is 16.3. The zero-order valence-electron chi connectivity index (χ0n) is 19.3. The van der Waals surface area contributed by atoms with E-state index in [2.05, 4.69) is 91.9 Å². The van der Waals surface area contributed by atoms with Crippen molar-refractivity contribution in [3.8, 4) is 0 Å². The van der Waals surface area contributed by atoms with Crippen molar-refractivity contribution in [2.75, 3.05) is 0 Å². The molecule has 160 valence electrons. The third-order valence-electron chi connectivity index (χ3n) is 7.16. The highest BCUT2D eigenvalue weighted by molar-refractivity contribution is 5.88. The fraction of sp³-hybridized carbons (Fsp3) is 0.357. The SMILES string of the molecule is CC(C)=C[C@H]1c2c(C)c3ccccc3n2[C@@H](c2[nH]c3ccccc3c2C)[C@@H]1C(C)(C)O. The van der Waals surface area contributed by atoms with Gasteiger partial charge in [0.1, 0.15) is 0 Å². The zero-order valence-corrected chi connectivity index (χ0v) is 19.3. The largest absolute Gasteiger partial charge is 0.390 e. The van der Waals surface area contributed by atoms with Crippen molar-refractivity contribution in [3.05, 3.63) is 82.7 Å². The number of nitrogens with one attached hydrogen (secondary N) is 1. The molecule has 31 heavy (non-hydrogen) atoms. The summed E-state index contributed by atoms with van der Waals surface area (Å²) >= 11 is 0. The second kappa shape index (κ2) is 6.86. The van der Waals surface area contributed by atoms with Gasteiger partial charge in [-0.05, 0) is 64.8 Å². The normalized spacial score (nSPS) is 21.1. The van der Waals surface area contributed by atoms with Crippen LogP contribution in [0.2, 0.25) is 0 Å². The van der Waals surface area contributed by atoms with Crippen molar-refractivity contribution in [1.82, 2.24) is 9.55 Å². The van der Waals surface area contributed by atoms with Gasteiger partial charge in [-0.1, -0.05) is 48.0 Å². The molecule has 2 aromatic heterocycles. The Kier molecular flexibility index (Phi) is 4.46. The van der Waals surface area contributed by atoms with Crippen LogP contribution in [0.4, 0.5) is 0 Å². The van der Waals surface area contributed by atoms with Crippen LogP contribution in [0, 0.1) is 19.8 Å². The lowest BCUT2D eigenvalue weighted by molar-refractivity contribution is 0.00323. The molecular weight excluding hydrogens is 380 g/mol. The van der Waals surface area contributed by atoms with Crippen molar-refractivity contribution >= 4 is 21.8 Å². The molecule has 0 fully saturated rings. The Morgan fingerprint density at radius 3 is 2.26 bits per heavy atom.